The largest absolute Gasteiger partial charge is 0.381 e. The third-order valence-corrected chi connectivity index (χ3v) is 4.01. The van der Waals surface area contributed by atoms with Crippen LogP contribution in [0, 0.1) is 12.8 Å². The molecule has 1 aromatic heterocycles. The number of aryl methyl sites for hydroxylation is 1. The second-order valence-electron chi connectivity index (χ2n) is 6.31. The molecular weight excluding hydrogens is 445 g/mol. The van der Waals surface area contributed by atoms with Crippen LogP contribution in [0.2, 0.25) is 0 Å². The van der Waals surface area contributed by atoms with Crippen molar-refractivity contribution in [3.63, 3.8) is 0 Å². The number of halogens is 1. The standard InChI is InChI=1S/C18H29N5O2.HI/c1-4-19-18(23(3)12-15-9-11-25-13-15)20-10-8-17(24)22-16-7-5-6-14(2)21-16;/h5-7,15H,4,8-13H2,1-3H3,(H,19,20)(H,21,22,24);1H. The Balaban J connectivity index is 0.00000338. The highest BCUT2D eigenvalue weighted by molar-refractivity contribution is 14.0. The summed E-state index contributed by atoms with van der Waals surface area (Å²) in [4.78, 5) is 23.0. The number of pyridine rings is 1. The Morgan fingerprint density at radius 3 is 2.92 bits per heavy atom. The van der Waals surface area contributed by atoms with Gasteiger partial charge in [-0.1, -0.05) is 6.07 Å². The molecule has 1 atom stereocenters. The Morgan fingerprint density at radius 2 is 2.27 bits per heavy atom. The van der Waals surface area contributed by atoms with Gasteiger partial charge < -0.3 is 20.3 Å². The van der Waals surface area contributed by atoms with E-state index in [0.717, 1.165) is 44.4 Å². The van der Waals surface area contributed by atoms with Gasteiger partial charge in [0.25, 0.3) is 0 Å². The van der Waals surface area contributed by atoms with Crippen molar-refractivity contribution in [1.29, 1.82) is 0 Å². The molecule has 0 saturated carbocycles. The van der Waals surface area contributed by atoms with Crippen LogP contribution in [0.15, 0.2) is 23.2 Å². The average molecular weight is 475 g/mol. The molecule has 1 aliphatic heterocycles. The second-order valence-corrected chi connectivity index (χ2v) is 6.31. The summed E-state index contributed by atoms with van der Waals surface area (Å²) in [6.45, 7) is 7.74. The number of guanidine groups is 1. The molecule has 1 amide bonds. The lowest BCUT2D eigenvalue weighted by Crippen LogP contribution is -2.41. The first-order chi connectivity index (χ1) is 12.1. The van der Waals surface area contributed by atoms with Gasteiger partial charge in [-0.15, -0.1) is 24.0 Å². The van der Waals surface area contributed by atoms with Crippen molar-refractivity contribution < 1.29 is 9.53 Å². The van der Waals surface area contributed by atoms with Crippen molar-refractivity contribution in [2.45, 2.75) is 26.7 Å². The summed E-state index contributed by atoms with van der Waals surface area (Å²) >= 11 is 0. The van der Waals surface area contributed by atoms with Crippen LogP contribution in [-0.2, 0) is 9.53 Å². The molecule has 26 heavy (non-hydrogen) atoms. The van der Waals surface area contributed by atoms with E-state index in [0.29, 0.717) is 24.7 Å². The summed E-state index contributed by atoms with van der Waals surface area (Å²) in [5, 5.41) is 6.08. The van der Waals surface area contributed by atoms with Crippen molar-refractivity contribution in [3.8, 4) is 0 Å². The first-order valence-corrected chi connectivity index (χ1v) is 8.89. The van der Waals surface area contributed by atoms with Crippen molar-refractivity contribution in [3.05, 3.63) is 23.9 Å². The van der Waals surface area contributed by atoms with Crippen molar-refractivity contribution in [1.82, 2.24) is 15.2 Å². The molecule has 1 aromatic rings. The summed E-state index contributed by atoms with van der Waals surface area (Å²) in [6.07, 6.45) is 1.42. The minimum absolute atomic E-state index is 0. The Kier molecular flexibility index (Phi) is 10.5. The highest BCUT2D eigenvalue weighted by Crippen LogP contribution is 2.13. The number of nitrogens with one attached hydrogen (secondary N) is 2. The van der Waals surface area contributed by atoms with Gasteiger partial charge >= 0.3 is 0 Å². The van der Waals surface area contributed by atoms with Crippen LogP contribution >= 0.6 is 24.0 Å². The first kappa shape index (κ1) is 22.6. The number of nitrogens with zero attached hydrogens (tertiary/aromatic N) is 3. The third kappa shape index (κ3) is 7.86. The molecule has 0 bridgehead atoms. The SMILES string of the molecule is CCNC(=NCCC(=O)Nc1cccc(C)n1)N(C)CC1CCOC1.I. The fourth-order valence-electron chi connectivity index (χ4n) is 2.75. The van der Waals surface area contributed by atoms with Crippen LogP contribution in [0.3, 0.4) is 0 Å². The molecule has 1 saturated heterocycles. The molecule has 0 spiro atoms. The zero-order valence-electron chi connectivity index (χ0n) is 15.8. The lowest BCUT2D eigenvalue weighted by Gasteiger charge is -2.24. The Bertz CT molecular complexity index is 591. The quantitative estimate of drug-likeness (QED) is 0.360. The predicted octanol–water partition coefficient (Wildman–Crippen LogP) is 2.27. The first-order valence-electron chi connectivity index (χ1n) is 8.89. The third-order valence-electron chi connectivity index (χ3n) is 4.01. The number of hydrogen-bond acceptors (Lipinski definition) is 4. The number of rotatable bonds is 7. The van der Waals surface area contributed by atoms with Gasteiger partial charge in [-0.3, -0.25) is 9.79 Å². The fraction of sp³-hybridized carbons (Fsp3) is 0.611. The lowest BCUT2D eigenvalue weighted by atomic mass is 10.1. The van der Waals surface area contributed by atoms with Crippen LogP contribution in [-0.4, -0.2) is 61.6 Å². The van der Waals surface area contributed by atoms with Crippen LogP contribution in [0.5, 0.6) is 0 Å². The second kappa shape index (κ2) is 12.1. The summed E-state index contributed by atoms with van der Waals surface area (Å²) in [5.74, 6) is 1.88. The molecule has 8 heteroatoms. The number of amides is 1. The minimum Gasteiger partial charge on any atom is -0.381 e. The Morgan fingerprint density at radius 1 is 1.46 bits per heavy atom. The normalized spacial score (nSPS) is 16.7. The van der Waals surface area contributed by atoms with Gasteiger partial charge in [0.15, 0.2) is 5.96 Å². The zero-order chi connectivity index (χ0) is 18.1. The molecule has 0 aromatic carbocycles. The zero-order valence-corrected chi connectivity index (χ0v) is 18.2. The van der Waals surface area contributed by atoms with Crippen molar-refractivity contribution >= 4 is 41.7 Å². The molecule has 0 aliphatic carbocycles. The monoisotopic (exact) mass is 475 g/mol. The van der Waals surface area contributed by atoms with E-state index in [-0.39, 0.29) is 29.9 Å². The van der Waals surface area contributed by atoms with Crippen LogP contribution in [0.25, 0.3) is 0 Å². The van der Waals surface area contributed by atoms with Crippen LogP contribution in [0.4, 0.5) is 5.82 Å². The number of aliphatic imine (C=N–C) groups is 1. The predicted molar refractivity (Wildman–Crippen MR) is 115 cm³/mol. The maximum Gasteiger partial charge on any atom is 0.227 e. The van der Waals surface area contributed by atoms with E-state index in [1.807, 2.05) is 33.0 Å². The Labute approximate surface area is 173 Å². The lowest BCUT2D eigenvalue weighted by molar-refractivity contribution is -0.116. The number of carbonyl (C=O) groups is 1. The minimum atomic E-state index is -0.0791. The van der Waals surface area contributed by atoms with Gasteiger partial charge in [0.2, 0.25) is 5.91 Å². The van der Waals surface area contributed by atoms with E-state index in [1.54, 1.807) is 6.07 Å². The van der Waals surface area contributed by atoms with Gasteiger partial charge in [-0.2, -0.15) is 0 Å². The summed E-state index contributed by atoms with van der Waals surface area (Å²) in [6, 6.07) is 5.56. The van der Waals surface area contributed by atoms with Gasteiger partial charge in [-0.25, -0.2) is 4.98 Å². The van der Waals surface area contributed by atoms with Gasteiger partial charge in [-0.05, 0) is 32.4 Å². The van der Waals surface area contributed by atoms with Gasteiger partial charge in [0.05, 0.1) is 13.2 Å². The summed E-state index contributed by atoms with van der Waals surface area (Å²) in [7, 11) is 2.02. The van der Waals surface area contributed by atoms with E-state index >= 15 is 0 Å². The maximum absolute atomic E-state index is 12.0. The van der Waals surface area contributed by atoms with E-state index in [2.05, 4.69) is 25.5 Å². The molecule has 1 fully saturated rings. The molecule has 2 heterocycles. The highest BCUT2D eigenvalue weighted by Gasteiger charge is 2.19. The van der Waals surface area contributed by atoms with Crippen molar-refractivity contribution in [2.75, 3.05) is 45.2 Å². The molecule has 7 nitrogen and oxygen atoms in total. The highest BCUT2D eigenvalue weighted by atomic mass is 127. The van der Waals surface area contributed by atoms with Crippen LogP contribution < -0.4 is 10.6 Å². The molecule has 2 rings (SSSR count). The van der Waals surface area contributed by atoms with Gasteiger partial charge in [0, 0.05) is 44.8 Å². The van der Waals surface area contributed by atoms with Crippen molar-refractivity contribution in [2.24, 2.45) is 10.9 Å². The van der Waals surface area contributed by atoms with E-state index in [9.17, 15) is 4.79 Å². The number of ether oxygens (including phenoxy) is 1. The number of hydrogen-bond donors (Lipinski definition) is 2. The maximum atomic E-state index is 12.0. The Hall–Kier alpha value is -1.42. The molecular formula is C18H30IN5O2. The van der Waals surface area contributed by atoms with E-state index in [4.69, 9.17) is 4.74 Å². The number of aromatic nitrogens is 1. The average Bonchev–Trinajstić information content (AvgIpc) is 3.07. The fourth-order valence-corrected chi connectivity index (χ4v) is 2.75. The van der Waals surface area contributed by atoms with E-state index < -0.39 is 0 Å². The smallest absolute Gasteiger partial charge is 0.227 e. The molecule has 2 N–H and O–H groups in total. The van der Waals surface area contributed by atoms with Gasteiger partial charge in [0.1, 0.15) is 5.82 Å². The summed E-state index contributed by atoms with van der Waals surface area (Å²) < 4.78 is 5.43. The number of anilines is 1. The van der Waals surface area contributed by atoms with E-state index in [1.165, 1.54) is 0 Å². The molecule has 0 radical (unpaired) electrons. The topological polar surface area (TPSA) is 78.8 Å². The van der Waals surface area contributed by atoms with Crippen LogP contribution in [0.1, 0.15) is 25.5 Å². The summed E-state index contributed by atoms with van der Waals surface area (Å²) in [5.41, 5.74) is 0.878. The number of carbonyl (C=O) groups excluding carboxylic acids is 1. The molecule has 1 aliphatic rings. The molecule has 1 unspecified atom stereocenters. The molecule has 146 valence electrons.